The molecule has 6 rings (SSSR count). The molecule has 10 heteroatoms. The summed E-state index contributed by atoms with van der Waals surface area (Å²) in [6, 6.07) is 14.0. The quantitative estimate of drug-likeness (QED) is 0.245. The number of pyridine rings is 1. The predicted molar refractivity (Wildman–Crippen MR) is 143 cm³/mol. The summed E-state index contributed by atoms with van der Waals surface area (Å²) in [7, 11) is 0. The first-order chi connectivity index (χ1) is 16.6. The zero-order valence-corrected chi connectivity index (χ0v) is 21.4. The number of rotatable bonds is 4. The van der Waals surface area contributed by atoms with E-state index in [9.17, 15) is 4.79 Å². The summed E-state index contributed by atoms with van der Waals surface area (Å²) in [6.07, 6.45) is 3.72. The molecule has 0 spiro atoms. The number of piperazine rings is 1. The average Bonchev–Trinajstić information content (AvgIpc) is 3.60. The summed E-state index contributed by atoms with van der Waals surface area (Å²) in [4.78, 5) is 35.0. The number of aromatic amines is 1. The van der Waals surface area contributed by atoms with Crippen molar-refractivity contribution in [3.63, 3.8) is 0 Å². The van der Waals surface area contributed by atoms with E-state index in [1.807, 2.05) is 63.6 Å². The van der Waals surface area contributed by atoms with Crippen molar-refractivity contribution < 1.29 is 4.79 Å². The number of aromatic nitrogens is 5. The van der Waals surface area contributed by atoms with Crippen LogP contribution in [-0.4, -0.2) is 61.0 Å². The van der Waals surface area contributed by atoms with Gasteiger partial charge in [-0.2, -0.15) is 0 Å². The van der Waals surface area contributed by atoms with Crippen LogP contribution in [0.15, 0.2) is 60.4 Å². The van der Waals surface area contributed by atoms with E-state index in [2.05, 4.69) is 49.4 Å². The Morgan fingerprint density at radius 1 is 1.18 bits per heavy atom. The van der Waals surface area contributed by atoms with Gasteiger partial charge in [0, 0.05) is 43.5 Å². The molecule has 5 heterocycles. The number of hydrogen-bond donors (Lipinski definition) is 1. The number of nitrogens with one attached hydrogen (secondary N) is 1. The molecule has 1 fully saturated rings. The number of anilines is 1. The lowest BCUT2D eigenvalue weighted by Crippen LogP contribution is -2.55. The SMILES string of the molecule is CC1CN(c2scnc2-c2nc3ccccc3[nH]2)CCN1C(=O)C(I)n1ccc2cccnc21. The first-order valence-corrected chi connectivity index (χ1v) is 13.2. The fourth-order valence-corrected chi connectivity index (χ4v) is 6.23. The second kappa shape index (κ2) is 8.66. The van der Waals surface area contributed by atoms with Crippen LogP contribution in [0.2, 0.25) is 0 Å². The van der Waals surface area contributed by atoms with Crippen LogP contribution in [0.25, 0.3) is 33.6 Å². The molecule has 172 valence electrons. The number of imidazole rings is 1. The Morgan fingerprint density at radius 2 is 2.06 bits per heavy atom. The summed E-state index contributed by atoms with van der Waals surface area (Å²) in [5.74, 6) is 0.889. The van der Waals surface area contributed by atoms with Crippen LogP contribution in [0.1, 0.15) is 11.0 Å². The number of fused-ring (bicyclic) bond motifs is 2. The standard InChI is InChI=1S/C24H22IN7OS/c1-15-13-30(24-19(27-14-34-24)21-28-17-6-2-3-7-18(17)29-21)11-12-31(15)23(33)20(25)32-10-8-16-5-4-9-26-22(16)32/h2-10,14-15,20H,11-13H2,1H3,(H,28,29). The van der Waals surface area contributed by atoms with Crippen LogP contribution in [0.4, 0.5) is 5.00 Å². The zero-order valence-electron chi connectivity index (χ0n) is 18.4. The number of alkyl halides is 1. The van der Waals surface area contributed by atoms with E-state index in [1.165, 1.54) is 0 Å². The van der Waals surface area contributed by atoms with Crippen LogP contribution in [0.5, 0.6) is 0 Å². The molecule has 5 aromatic rings. The molecule has 0 aliphatic carbocycles. The third-order valence-corrected chi connectivity index (χ3v) is 8.30. The molecule has 34 heavy (non-hydrogen) atoms. The van der Waals surface area contributed by atoms with E-state index in [1.54, 1.807) is 17.5 Å². The second-order valence-corrected chi connectivity index (χ2v) is 10.4. The van der Waals surface area contributed by atoms with Crippen molar-refractivity contribution in [2.24, 2.45) is 0 Å². The van der Waals surface area contributed by atoms with E-state index in [0.29, 0.717) is 6.54 Å². The highest BCUT2D eigenvalue weighted by molar-refractivity contribution is 14.1. The number of benzene rings is 1. The Labute approximate surface area is 213 Å². The first-order valence-electron chi connectivity index (χ1n) is 11.1. The van der Waals surface area contributed by atoms with E-state index < -0.39 is 0 Å². The number of amides is 1. The number of halogens is 1. The Morgan fingerprint density at radius 3 is 2.91 bits per heavy atom. The maximum absolute atomic E-state index is 13.5. The van der Waals surface area contributed by atoms with Gasteiger partial charge in [-0.15, -0.1) is 11.3 Å². The molecule has 1 N–H and O–H groups in total. The van der Waals surface area contributed by atoms with Crippen LogP contribution >= 0.6 is 33.9 Å². The predicted octanol–water partition coefficient (Wildman–Crippen LogP) is 4.71. The number of carbonyl (C=O) groups excluding carboxylic acids is 1. The van der Waals surface area contributed by atoms with E-state index in [-0.39, 0.29) is 16.0 Å². The number of thiazole rings is 1. The maximum Gasteiger partial charge on any atom is 0.256 e. The Balaban J connectivity index is 1.21. The van der Waals surface area contributed by atoms with E-state index in [0.717, 1.165) is 51.7 Å². The van der Waals surface area contributed by atoms with Gasteiger partial charge < -0.3 is 19.4 Å². The van der Waals surface area contributed by atoms with Crippen molar-refractivity contribution in [3.8, 4) is 11.5 Å². The lowest BCUT2D eigenvalue weighted by molar-refractivity contribution is -0.134. The minimum Gasteiger partial charge on any atom is -0.358 e. The number of hydrogen-bond acceptors (Lipinski definition) is 6. The summed E-state index contributed by atoms with van der Waals surface area (Å²) in [5, 5.41) is 2.13. The van der Waals surface area contributed by atoms with Crippen LogP contribution < -0.4 is 4.90 Å². The van der Waals surface area contributed by atoms with Gasteiger partial charge in [-0.3, -0.25) is 4.79 Å². The third kappa shape index (κ3) is 3.65. The van der Waals surface area contributed by atoms with Crippen molar-refractivity contribution >= 4 is 66.9 Å². The molecule has 2 unspecified atom stereocenters. The normalized spacial score (nSPS) is 17.5. The van der Waals surface area contributed by atoms with Gasteiger partial charge in [0.15, 0.2) is 9.87 Å². The first kappa shape index (κ1) is 21.5. The molecule has 0 saturated carbocycles. The molecule has 4 aromatic heterocycles. The largest absolute Gasteiger partial charge is 0.358 e. The molecule has 0 radical (unpaired) electrons. The van der Waals surface area contributed by atoms with Crippen molar-refractivity contribution in [3.05, 3.63) is 60.4 Å². The number of carbonyl (C=O) groups is 1. The van der Waals surface area contributed by atoms with Crippen LogP contribution in [-0.2, 0) is 4.79 Å². The minimum atomic E-state index is -0.339. The monoisotopic (exact) mass is 583 g/mol. The van der Waals surface area contributed by atoms with Gasteiger partial charge in [0.25, 0.3) is 5.91 Å². The average molecular weight is 583 g/mol. The Kier molecular flexibility index (Phi) is 5.48. The molecule has 8 nitrogen and oxygen atoms in total. The molecule has 1 amide bonds. The van der Waals surface area contributed by atoms with Crippen LogP contribution in [0, 0.1) is 0 Å². The molecule has 1 saturated heterocycles. The summed E-state index contributed by atoms with van der Waals surface area (Å²) in [5.41, 5.74) is 5.50. The van der Waals surface area contributed by atoms with Gasteiger partial charge in [0.1, 0.15) is 16.3 Å². The highest BCUT2D eigenvalue weighted by Gasteiger charge is 2.33. The Bertz CT molecular complexity index is 1460. The lowest BCUT2D eigenvalue weighted by atomic mass is 10.2. The van der Waals surface area contributed by atoms with Gasteiger partial charge in [-0.25, -0.2) is 15.0 Å². The van der Waals surface area contributed by atoms with Gasteiger partial charge in [0.2, 0.25) is 0 Å². The zero-order chi connectivity index (χ0) is 23.2. The molecular formula is C24H22IN7OS. The second-order valence-electron chi connectivity index (χ2n) is 8.41. The molecular weight excluding hydrogens is 561 g/mol. The van der Waals surface area contributed by atoms with Crippen molar-refractivity contribution in [1.29, 1.82) is 0 Å². The van der Waals surface area contributed by atoms with Gasteiger partial charge in [-0.05, 0) is 59.8 Å². The van der Waals surface area contributed by atoms with Gasteiger partial charge in [0.05, 0.1) is 16.5 Å². The topological polar surface area (TPSA) is 82.9 Å². The number of H-pyrrole nitrogens is 1. The van der Waals surface area contributed by atoms with Gasteiger partial charge in [-0.1, -0.05) is 12.1 Å². The molecule has 1 aromatic carbocycles. The number of nitrogens with zero attached hydrogens (tertiary/aromatic N) is 6. The smallest absolute Gasteiger partial charge is 0.256 e. The van der Waals surface area contributed by atoms with E-state index >= 15 is 0 Å². The highest BCUT2D eigenvalue weighted by atomic mass is 127. The fraction of sp³-hybridized carbons (Fsp3) is 0.250. The summed E-state index contributed by atoms with van der Waals surface area (Å²) in [6.45, 7) is 4.26. The highest BCUT2D eigenvalue weighted by Crippen LogP contribution is 2.35. The Hall–Kier alpha value is -2.99. The summed E-state index contributed by atoms with van der Waals surface area (Å²) >= 11 is 3.84. The molecule has 0 bridgehead atoms. The van der Waals surface area contributed by atoms with E-state index in [4.69, 9.17) is 4.98 Å². The summed E-state index contributed by atoms with van der Waals surface area (Å²) < 4.78 is 1.62. The molecule has 2 atom stereocenters. The van der Waals surface area contributed by atoms with Crippen LogP contribution in [0.3, 0.4) is 0 Å². The van der Waals surface area contributed by atoms with Gasteiger partial charge >= 0.3 is 0 Å². The lowest BCUT2D eigenvalue weighted by Gasteiger charge is -2.41. The minimum absolute atomic E-state index is 0.0684. The maximum atomic E-state index is 13.5. The van der Waals surface area contributed by atoms with Crippen molar-refractivity contribution in [2.45, 2.75) is 17.0 Å². The molecule has 1 aliphatic heterocycles. The van der Waals surface area contributed by atoms with Crippen molar-refractivity contribution in [2.75, 3.05) is 24.5 Å². The fourth-order valence-electron chi connectivity index (χ4n) is 4.59. The van der Waals surface area contributed by atoms with Crippen molar-refractivity contribution in [1.82, 2.24) is 29.4 Å². The number of para-hydroxylation sites is 2. The third-order valence-electron chi connectivity index (χ3n) is 6.28. The molecule has 1 aliphatic rings.